The normalized spacial score (nSPS) is 12.3. The van der Waals surface area contributed by atoms with Crippen LogP contribution in [0.4, 0.5) is 22.4 Å². The van der Waals surface area contributed by atoms with E-state index < -0.39 is 30.5 Å². The highest BCUT2D eigenvalue weighted by molar-refractivity contribution is 6.30. The molecule has 0 aliphatic carbocycles. The molecule has 0 unspecified atom stereocenters. The van der Waals surface area contributed by atoms with Crippen molar-refractivity contribution in [2.45, 2.75) is 38.3 Å². The quantitative estimate of drug-likeness (QED) is 0.416. The number of rotatable bonds is 9. The number of aromatic nitrogens is 2. The van der Waals surface area contributed by atoms with Gasteiger partial charge in [0.1, 0.15) is 24.2 Å². The number of amides is 1. The van der Waals surface area contributed by atoms with Crippen molar-refractivity contribution in [3.05, 3.63) is 76.6 Å². The molecule has 176 valence electrons. The molecule has 0 bridgehead atoms. The molecule has 0 radical (unpaired) electrons. The van der Waals surface area contributed by atoms with Crippen molar-refractivity contribution in [2.75, 3.05) is 0 Å². The fourth-order valence-corrected chi connectivity index (χ4v) is 2.77. The molecule has 0 spiro atoms. The number of benzene rings is 2. The van der Waals surface area contributed by atoms with Crippen molar-refractivity contribution in [1.29, 1.82) is 0 Å². The topological polar surface area (TPSA) is 86.5 Å². The van der Waals surface area contributed by atoms with Crippen LogP contribution in [0.2, 0.25) is 5.02 Å². The van der Waals surface area contributed by atoms with Gasteiger partial charge in [-0.3, -0.25) is 0 Å². The van der Waals surface area contributed by atoms with Crippen LogP contribution in [0.5, 0.6) is 5.75 Å². The van der Waals surface area contributed by atoms with Gasteiger partial charge in [-0.1, -0.05) is 47.1 Å². The Balaban J connectivity index is 1.49. The van der Waals surface area contributed by atoms with Crippen LogP contribution in [0, 0.1) is 5.82 Å². The predicted octanol–water partition coefficient (Wildman–Crippen LogP) is 5.23. The van der Waals surface area contributed by atoms with Crippen molar-refractivity contribution in [1.82, 2.24) is 15.5 Å². The molecule has 2 aromatic carbocycles. The fourth-order valence-electron chi connectivity index (χ4n) is 2.66. The van der Waals surface area contributed by atoms with Crippen LogP contribution >= 0.6 is 11.6 Å². The van der Waals surface area contributed by atoms with Crippen LogP contribution in [0.1, 0.15) is 23.7 Å². The highest BCUT2D eigenvalue weighted by Crippen LogP contribution is 2.24. The first kappa shape index (κ1) is 24.3. The molecular formula is C21H18ClF4N3O4. The number of hydrogen-bond acceptors (Lipinski definition) is 6. The summed E-state index contributed by atoms with van der Waals surface area (Å²) in [6.45, 7) is -0.362. The summed E-state index contributed by atoms with van der Waals surface area (Å²) in [5, 5.41) is 5.36. The van der Waals surface area contributed by atoms with E-state index in [4.69, 9.17) is 25.6 Å². The van der Waals surface area contributed by atoms with E-state index >= 15 is 0 Å². The highest BCUT2D eigenvalue weighted by Gasteiger charge is 2.41. The van der Waals surface area contributed by atoms with Crippen LogP contribution in [0.25, 0.3) is 0 Å². The van der Waals surface area contributed by atoms with E-state index in [-0.39, 0.29) is 42.1 Å². The number of ether oxygens (including phenoxy) is 2. The maximum atomic E-state index is 13.4. The second-order valence-corrected chi connectivity index (χ2v) is 7.22. The standard InChI is InChI=1S/C21H18ClF4N3O4/c22-15-7-6-14(10-16(15)23)31-12-18-28-19(33-29-18)9-8-17(21(24,25)26)27-20(30)32-11-13-4-2-1-3-5-13/h1-7,10,17H,8-9,11-12H2,(H,27,30)/t17-/m0/s1. The third-order valence-electron chi connectivity index (χ3n) is 4.32. The first-order valence-electron chi connectivity index (χ1n) is 9.64. The summed E-state index contributed by atoms with van der Waals surface area (Å²) >= 11 is 5.59. The van der Waals surface area contributed by atoms with Crippen LogP contribution in [0.3, 0.4) is 0 Å². The maximum absolute atomic E-state index is 13.4. The first-order chi connectivity index (χ1) is 15.7. The van der Waals surface area contributed by atoms with Gasteiger partial charge in [0, 0.05) is 12.5 Å². The number of alkyl halides is 3. The zero-order chi connectivity index (χ0) is 23.8. The molecule has 1 heterocycles. The van der Waals surface area contributed by atoms with E-state index in [1.54, 1.807) is 30.3 Å². The van der Waals surface area contributed by atoms with E-state index in [0.29, 0.717) is 5.56 Å². The lowest BCUT2D eigenvalue weighted by Crippen LogP contribution is -2.45. The van der Waals surface area contributed by atoms with E-state index in [1.807, 2.05) is 5.32 Å². The third kappa shape index (κ3) is 7.63. The molecular weight excluding hydrogens is 470 g/mol. The predicted molar refractivity (Wildman–Crippen MR) is 108 cm³/mol. The molecule has 3 aromatic rings. The molecule has 0 aliphatic rings. The van der Waals surface area contributed by atoms with Crippen molar-refractivity contribution < 1.29 is 36.4 Å². The smallest absolute Gasteiger partial charge is 0.408 e. The summed E-state index contributed by atoms with van der Waals surface area (Å²) in [7, 11) is 0. The first-order valence-corrected chi connectivity index (χ1v) is 10.0. The third-order valence-corrected chi connectivity index (χ3v) is 4.62. The van der Waals surface area contributed by atoms with E-state index in [0.717, 1.165) is 6.07 Å². The van der Waals surface area contributed by atoms with E-state index in [2.05, 4.69) is 10.1 Å². The summed E-state index contributed by atoms with van der Waals surface area (Å²) in [5.41, 5.74) is 0.637. The van der Waals surface area contributed by atoms with E-state index in [9.17, 15) is 22.4 Å². The Morgan fingerprint density at radius 2 is 1.91 bits per heavy atom. The number of aryl methyl sites for hydroxylation is 1. The molecule has 0 saturated carbocycles. The molecule has 3 rings (SSSR count). The number of halogens is 5. The SMILES string of the molecule is O=C(N[C@@H](CCc1nc(COc2ccc(Cl)c(F)c2)no1)C(F)(F)F)OCc1ccccc1. The molecule has 1 aromatic heterocycles. The number of nitrogens with zero attached hydrogens (tertiary/aromatic N) is 2. The minimum absolute atomic E-state index is 0.0548. The molecule has 1 atom stereocenters. The van der Waals surface area contributed by atoms with Crippen LogP contribution in [-0.4, -0.2) is 28.5 Å². The fraction of sp³-hybridized carbons (Fsp3) is 0.286. The second-order valence-electron chi connectivity index (χ2n) is 6.81. The Bertz CT molecular complexity index is 1060. The van der Waals surface area contributed by atoms with Gasteiger partial charge in [0.05, 0.1) is 5.02 Å². The van der Waals surface area contributed by atoms with Crippen molar-refractivity contribution in [3.8, 4) is 5.75 Å². The van der Waals surface area contributed by atoms with Gasteiger partial charge in [-0.15, -0.1) is 0 Å². The minimum atomic E-state index is -4.71. The summed E-state index contributed by atoms with van der Waals surface area (Å²) < 4.78 is 68.5. The number of carbonyl (C=O) groups excluding carboxylic acids is 1. The zero-order valence-corrected chi connectivity index (χ0v) is 17.7. The lowest BCUT2D eigenvalue weighted by Gasteiger charge is -2.20. The van der Waals surface area contributed by atoms with Gasteiger partial charge in [0.15, 0.2) is 6.61 Å². The van der Waals surface area contributed by atoms with Gasteiger partial charge in [0.25, 0.3) is 0 Å². The molecule has 0 fully saturated rings. The van der Waals surface area contributed by atoms with Crippen LogP contribution in [0.15, 0.2) is 53.1 Å². The number of nitrogens with one attached hydrogen (secondary N) is 1. The molecule has 1 N–H and O–H groups in total. The number of carbonyl (C=O) groups is 1. The summed E-state index contributed by atoms with van der Waals surface area (Å²) in [6, 6.07) is 10.2. The van der Waals surface area contributed by atoms with Gasteiger partial charge < -0.3 is 19.3 Å². The maximum Gasteiger partial charge on any atom is 0.408 e. The summed E-state index contributed by atoms with van der Waals surface area (Å²) in [4.78, 5) is 15.8. The Morgan fingerprint density at radius 1 is 1.15 bits per heavy atom. The molecule has 12 heteroatoms. The molecule has 7 nitrogen and oxygen atoms in total. The Hall–Kier alpha value is -3.34. The average molecular weight is 488 g/mol. The Kier molecular flexibility index (Phi) is 8.10. The van der Waals surface area contributed by atoms with E-state index in [1.165, 1.54) is 12.1 Å². The average Bonchev–Trinajstić information content (AvgIpc) is 3.24. The second kappa shape index (κ2) is 11.0. The lowest BCUT2D eigenvalue weighted by atomic mass is 10.1. The molecule has 0 aliphatic heterocycles. The zero-order valence-electron chi connectivity index (χ0n) is 16.9. The summed E-state index contributed by atoms with van der Waals surface area (Å²) in [5.74, 6) is -0.529. The van der Waals surface area contributed by atoms with Gasteiger partial charge in [0.2, 0.25) is 11.7 Å². The molecule has 33 heavy (non-hydrogen) atoms. The van der Waals surface area contributed by atoms with Crippen molar-refractivity contribution in [3.63, 3.8) is 0 Å². The molecule has 1 amide bonds. The molecule has 0 saturated heterocycles. The minimum Gasteiger partial charge on any atom is -0.485 e. The van der Waals surface area contributed by atoms with Gasteiger partial charge in [-0.2, -0.15) is 18.2 Å². The lowest BCUT2D eigenvalue weighted by molar-refractivity contribution is -0.155. The van der Waals surface area contributed by atoms with Crippen LogP contribution < -0.4 is 10.1 Å². The van der Waals surface area contributed by atoms with Crippen LogP contribution in [-0.2, 0) is 24.4 Å². The van der Waals surface area contributed by atoms with Gasteiger partial charge >= 0.3 is 12.3 Å². The monoisotopic (exact) mass is 487 g/mol. The van der Waals surface area contributed by atoms with Gasteiger partial charge in [-0.05, 0) is 24.1 Å². The number of hydrogen-bond donors (Lipinski definition) is 1. The Labute approximate surface area is 190 Å². The van der Waals surface area contributed by atoms with Crippen molar-refractivity contribution >= 4 is 17.7 Å². The highest BCUT2D eigenvalue weighted by atomic mass is 35.5. The largest absolute Gasteiger partial charge is 0.485 e. The van der Waals surface area contributed by atoms with Crippen molar-refractivity contribution in [2.24, 2.45) is 0 Å². The Morgan fingerprint density at radius 3 is 2.61 bits per heavy atom. The summed E-state index contributed by atoms with van der Waals surface area (Å²) in [6.07, 6.45) is -6.72. The number of alkyl carbamates (subject to hydrolysis) is 1. The van der Waals surface area contributed by atoms with Gasteiger partial charge in [-0.25, -0.2) is 9.18 Å².